The van der Waals surface area contributed by atoms with Gasteiger partial charge in [-0.05, 0) is 63.2 Å². The van der Waals surface area contributed by atoms with Gasteiger partial charge in [-0.15, -0.1) is 0 Å². The van der Waals surface area contributed by atoms with Crippen molar-refractivity contribution in [3.8, 4) is 0 Å². The van der Waals surface area contributed by atoms with Crippen LogP contribution in [0.1, 0.15) is 43.7 Å². The number of aromatic amines is 1. The Morgan fingerprint density at radius 2 is 2.11 bits per heavy atom. The number of ether oxygens (including phenoxy) is 1. The van der Waals surface area contributed by atoms with Crippen LogP contribution in [0.25, 0.3) is 21.8 Å². The Kier molecular flexibility index (Phi) is 5.60. The summed E-state index contributed by atoms with van der Waals surface area (Å²) in [6, 6.07) is 5.96. The summed E-state index contributed by atoms with van der Waals surface area (Å²) in [4.78, 5) is 20.2. The molecule has 0 radical (unpaired) electrons. The molecule has 2 heterocycles. The van der Waals surface area contributed by atoms with Crippen LogP contribution in [0.15, 0.2) is 24.4 Å². The van der Waals surface area contributed by atoms with Gasteiger partial charge >= 0.3 is 5.97 Å². The van der Waals surface area contributed by atoms with Crippen LogP contribution in [0, 0.1) is 0 Å². The average Bonchev–Trinajstić information content (AvgIpc) is 2.99. The van der Waals surface area contributed by atoms with Gasteiger partial charge in [0.1, 0.15) is 0 Å². The number of fused-ring (bicyclic) bond motifs is 3. The molecule has 3 aromatic rings. The number of hydrogen-bond donors (Lipinski definition) is 3. The molecule has 0 aliphatic rings. The molecule has 2 aromatic heterocycles. The van der Waals surface area contributed by atoms with E-state index in [0.29, 0.717) is 16.3 Å². The Morgan fingerprint density at radius 1 is 1.33 bits per heavy atom. The van der Waals surface area contributed by atoms with Crippen molar-refractivity contribution in [2.45, 2.75) is 40.2 Å². The van der Waals surface area contributed by atoms with E-state index in [-0.39, 0.29) is 6.10 Å². The van der Waals surface area contributed by atoms with Gasteiger partial charge in [0.2, 0.25) is 0 Å². The predicted octanol–water partition coefficient (Wildman–Crippen LogP) is 4.15. The van der Waals surface area contributed by atoms with Crippen molar-refractivity contribution in [2.75, 3.05) is 11.9 Å². The van der Waals surface area contributed by atoms with Crippen LogP contribution in [0.2, 0.25) is 0 Å². The number of thiocarbonyl (C=S) groups is 1. The van der Waals surface area contributed by atoms with Crippen LogP contribution in [0.5, 0.6) is 0 Å². The number of hydrogen-bond acceptors (Lipinski definition) is 4. The Balaban J connectivity index is 2.15. The molecule has 6 nitrogen and oxygen atoms in total. The van der Waals surface area contributed by atoms with E-state index >= 15 is 0 Å². The first-order valence-corrected chi connectivity index (χ1v) is 9.54. The van der Waals surface area contributed by atoms with Gasteiger partial charge in [0, 0.05) is 34.7 Å². The van der Waals surface area contributed by atoms with E-state index in [1.165, 1.54) is 0 Å². The standard InChI is InChI=1S/C20H24N4O2S/c1-5-12-10-22-18(19(25)26-11(3)4)17-16(12)14-9-13(7-8-15(14)24-17)23-20(27)21-6-2/h7-11,24H,5-6H2,1-4H3,(H2,21,23,27). The number of esters is 1. The SMILES string of the molecule is CCNC(=S)Nc1ccc2[nH]c3c(C(=O)OC(C)C)ncc(CC)c3c2c1. The molecule has 0 saturated heterocycles. The Labute approximate surface area is 163 Å². The third kappa shape index (κ3) is 3.88. The number of nitrogens with one attached hydrogen (secondary N) is 3. The van der Waals surface area contributed by atoms with Crippen LogP contribution in [-0.4, -0.2) is 33.7 Å². The van der Waals surface area contributed by atoms with Gasteiger partial charge in [0.05, 0.1) is 11.6 Å². The van der Waals surface area contributed by atoms with Crippen LogP contribution in [0.4, 0.5) is 5.69 Å². The number of benzene rings is 1. The summed E-state index contributed by atoms with van der Waals surface area (Å²) in [5.41, 5.74) is 3.92. The minimum absolute atomic E-state index is 0.201. The monoisotopic (exact) mass is 384 g/mol. The number of anilines is 1. The van der Waals surface area contributed by atoms with E-state index in [4.69, 9.17) is 17.0 Å². The summed E-state index contributed by atoms with van der Waals surface area (Å²) in [6.45, 7) is 8.48. The summed E-state index contributed by atoms with van der Waals surface area (Å²) in [5.74, 6) is -0.420. The van der Waals surface area contributed by atoms with Crippen molar-refractivity contribution in [3.63, 3.8) is 0 Å². The van der Waals surface area contributed by atoms with E-state index in [9.17, 15) is 4.79 Å². The molecule has 7 heteroatoms. The lowest BCUT2D eigenvalue weighted by Crippen LogP contribution is -2.27. The van der Waals surface area contributed by atoms with E-state index in [0.717, 1.165) is 40.5 Å². The second-order valence-electron chi connectivity index (χ2n) is 6.56. The molecule has 27 heavy (non-hydrogen) atoms. The summed E-state index contributed by atoms with van der Waals surface area (Å²) in [7, 11) is 0. The van der Waals surface area contributed by atoms with Crippen molar-refractivity contribution in [2.24, 2.45) is 0 Å². The molecule has 1 aromatic carbocycles. The second-order valence-corrected chi connectivity index (χ2v) is 6.97. The number of aryl methyl sites for hydroxylation is 1. The zero-order chi connectivity index (χ0) is 19.6. The first kappa shape index (κ1) is 19.1. The minimum atomic E-state index is -0.420. The first-order valence-electron chi connectivity index (χ1n) is 9.13. The third-order valence-electron chi connectivity index (χ3n) is 4.22. The van der Waals surface area contributed by atoms with Gasteiger partial charge in [0.25, 0.3) is 0 Å². The van der Waals surface area contributed by atoms with E-state index in [2.05, 4.69) is 27.5 Å². The Hall–Kier alpha value is -2.67. The fourth-order valence-corrected chi connectivity index (χ4v) is 3.34. The van der Waals surface area contributed by atoms with E-state index < -0.39 is 5.97 Å². The molecule has 0 unspecified atom stereocenters. The maximum atomic E-state index is 12.5. The van der Waals surface area contributed by atoms with Gasteiger partial charge < -0.3 is 20.4 Å². The summed E-state index contributed by atoms with van der Waals surface area (Å²) in [6.07, 6.45) is 2.37. The fraction of sp³-hybridized carbons (Fsp3) is 0.350. The molecule has 0 saturated carbocycles. The van der Waals surface area contributed by atoms with Crippen molar-refractivity contribution in [3.05, 3.63) is 35.7 Å². The molecule has 0 bridgehead atoms. The summed E-state index contributed by atoms with van der Waals surface area (Å²) >= 11 is 5.28. The summed E-state index contributed by atoms with van der Waals surface area (Å²) in [5, 5.41) is 8.86. The first-order chi connectivity index (χ1) is 12.9. The van der Waals surface area contributed by atoms with Gasteiger partial charge in [-0.3, -0.25) is 0 Å². The molecular weight excluding hydrogens is 360 g/mol. The zero-order valence-corrected chi connectivity index (χ0v) is 16.8. The number of H-pyrrole nitrogens is 1. The quantitative estimate of drug-likeness (QED) is 0.453. The summed E-state index contributed by atoms with van der Waals surface area (Å²) < 4.78 is 5.36. The highest BCUT2D eigenvalue weighted by Gasteiger charge is 2.20. The molecule has 0 spiro atoms. The maximum absolute atomic E-state index is 12.5. The maximum Gasteiger partial charge on any atom is 0.359 e. The average molecular weight is 385 g/mol. The number of rotatable bonds is 5. The van der Waals surface area contributed by atoms with Crippen LogP contribution >= 0.6 is 12.2 Å². The lowest BCUT2D eigenvalue weighted by Gasteiger charge is -2.10. The van der Waals surface area contributed by atoms with Crippen LogP contribution < -0.4 is 10.6 Å². The molecule has 0 aliphatic heterocycles. The molecule has 3 N–H and O–H groups in total. The highest BCUT2D eigenvalue weighted by atomic mass is 32.1. The third-order valence-corrected chi connectivity index (χ3v) is 4.46. The molecule has 0 atom stereocenters. The molecule has 0 fully saturated rings. The highest BCUT2D eigenvalue weighted by Crippen LogP contribution is 2.32. The number of nitrogens with zero attached hydrogens (tertiary/aromatic N) is 1. The normalized spacial score (nSPS) is 11.1. The minimum Gasteiger partial charge on any atom is -0.458 e. The number of carbonyl (C=O) groups is 1. The lowest BCUT2D eigenvalue weighted by molar-refractivity contribution is 0.0373. The lowest BCUT2D eigenvalue weighted by atomic mass is 10.1. The van der Waals surface area contributed by atoms with Gasteiger partial charge in [0.15, 0.2) is 10.8 Å². The highest BCUT2D eigenvalue weighted by molar-refractivity contribution is 7.80. The van der Waals surface area contributed by atoms with Gasteiger partial charge in [-0.2, -0.15) is 0 Å². The molecule has 3 rings (SSSR count). The van der Waals surface area contributed by atoms with Crippen molar-refractivity contribution < 1.29 is 9.53 Å². The zero-order valence-electron chi connectivity index (χ0n) is 16.0. The number of carbonyl (C=O) groups excluding carboxylic acids is 1. The van der Waals surface area contributed by atoms with Crippen LogP contribution in [0.3, 0.4) is 0 Å². The largest absolute Gasteiger partial charge is 0.458 e. The predicted molar refractivity (Wildman–Crippen MR) is 113 cm³/mol. The number of pyridine rings is 1. The van der Waals surface area contributed by atoms with Gasteiger partial charge in [-0.1, -0.05) is 6.92 Å². The molecule has 142 valence electrons. The van der Waals surface area contributed by atoms with Gasteiger partial charge in [-0.25, -0.2) is 9.78 Å². The molecule has 0 aliphatic carbocycles. The fourth-order valence-electron chi connectivity index (χ4n) is 3.08. The molecular formula is C20H24N4O2S. The van der Waals surface area contributed by atoms with Crippen LogP contribution in [-0.2, 0) is 11.2 Å². The Bertz CT molecular complexity index is 1010. The van der Waals surface area contributed by atoms with Crippen molar-refractivity contribution in [1.29, 1.82) is 0 Å². The smallest absolute Gasteiger partial charge is 0.359 e. The van der Waals surface area contributed by atoms with E-state index in [1.54, 1.807) is 6.20 Å². The van der Waals surface area contributed by atoms with Crippen molar-refractivity contribution in [1.82, 2.24) is 15.3 Å². The van der Waals surface area contributed by atoms with Crippen molar-refractivity contribution >= 4 is 50.8 Å². The van der Waals surface area contributed by atoms with E-state index in [1.807, 2.05) is 39.0 Å². The molecule has 0 amide bonds. The number of aromatic nitrogens is 2. The topological polar surface area (TPSA) is 79.0 Å². The second kappa shape index (κ2) is 7.92. The Morgan fingerprint density at radius 3 is 2.78 bits per heavy atom.